The number of anilines is 2. The maximum atomic E-state index is 10.8. The number of carboxylic acid groups (broad SMARTS) is 1. The summed E-state index contributed by atoms with van der Waals surface area (Å²) in [6.07, 6.45) is 0. The molecule has 0 aliphatic carbocycles. The van der Waals surface area contributed by atoms with Gasteiger partial charge in [0.25, 0.3) is 0 Å². The van der Waals surface area contributed by atoms with Crippen molar-refractivity contribution in [2.75, 3.05) is 5.32 Å². The number of aromatic carboxylic acids is 1. The highest BCUT2D eigenvalue weighted by atomic mass is 16.4. The van der Waals surface area contributed by atoms with Gasteiger partial charge in [-0.05, 0) is 45.0 Å². The minimum absolute atomic E-state index is 0.261. The standard InChI is InChI=1S/C14H15N3O2/c1-8-9(2)15-10(3)16-13(8)17-12-6-4-11(5-7-12)14(18)19/h4-7H,1-3H3,(H,18,19)(H,15,16,17). The van der Waals surface area contributed by atoms with Gasteiger partial charge in [0, 0.05) is 16.9 Å². The average molecular weight is 257 g/mol. The lowest BCUT2D eigenvalue weighted by Gasteiger charge is -2.11. The monoisotopic (exact) mass is 257 g/mol. The lowest BCUT2D eigenvalue weighted by Crippen LogP contribution is -2.03. The number of carbonyl (C=O) groups is 1. The van der Waals surface area contributed by atoms with Crippen LogP contribution in [0.4, 0.5) is 11.5 Å². The molecule has 5 heteroatoms. The first-order valence-electron chi connectivity index (χ1n) is 5.89. The Bertz CT molecular complexity index is 621. The third-order valence-corrected chi connectivity index (χ3v) is 2.90. The molecule has 2 rings (SSSR count). The molecule has 1 aromatic heterocycles. The Morgan fingerprint density at radius 3 is 2.32 bits per heavy atom. The van der Waals surface area contributed by atoms with Crippen molar-refractivity contribution in [2.24, 2.45) is 0 Å². The Balaban J connectivity index is 2.28. The van der Waals surface area contributed by atoms with Crippen molar-refractivity contribution in [3.05, 3.63) is 46.9 Å². The molecule has 0 radical (unpaired) electrons. The van der Waals surface area contributed by atoms with Crippen LogP contribution in [0, 0.1) is 20.8 Å². The minimum Gasteiger partial charge on any atom is -0.478 e. The van der Waals surface area contributed by atoms with E-state index in [0.29, 0.717) is 5.82 Å². The van der Waals surface area contributed by atoms with Crippen molar-refractivity contribution in [3.63, 3.8) is 0 Å². The van der Waals surface area contributed by atoms with Gasteiger partial charge in [0.05, 0.1) is 5.56 Å². The molecule has 0 fully saturated rings. The van der Waals surface area contributed by atoms with Crippen LogP contribution in [0.2, 0.25) is 0 Å². The predicted molar refractivity (Wildman–Crippen MR) is 72.9 cm³/mol. The fraction of sp³-hybridized carbons (Fsp3) is 0.214. The molecule has 5 nitrogen and oxygen atoms in total. The number of hydrogen-bond donors (Lipinski definition) is 2. The Hall–Kier alpha value is -2.43. The molecule has 0 spiro atoms. The molecule has 0 bridgehead atoms. The van der Waals surface area contributed by atoms with Gasteiger partial charge < -0.3 is 10.4 Å². The van der Waals surface area contributed by atoms with Crippen molar-refractivity contribution < 1.29 is 9.90 Å². The average Bonchev–Trinajstić information content (AvgIpc) is 2.36. The minimum atomic E-state index is -0.934. The zero-order valence-corrected chi connectivity index (χ0v) is 11.1. The van der Waals surface area contributed by atoms with Gasteiger partial charge in [-0.3, -0.25) is 0 Å². The first-order valence-corrected chi connectivity index (χ1v) is 5.89. The van der Waals surface area contributed by atoms with Gasteiger partial charge in [-0.25, -0.2) is 14.8 Å². The Labute approximate surface area is 111 Å². The molecule has 0 atom stereocenters. The van der Waals surface area contributed by atoms with E-state index in [1.54, 1.807) is 24.3 Å². The second-order valence-electron chi connectivity index (χ2n) is 4.34. The van der Waals surface area contributed by atoms with E-state index in [1.165, 1.54) is 0 Å². The van der Waals surface area contributed by atoms with Gasteiger partial charge in [-0.1, -0.05) is 0 Å². The summed E-state index contributed by atoms with van der Waals surface area (Å²) in [5.41, 5.74) is 2.97. The van der Waals surface area contributed by atoms with E-state index in [9.17, 15) is 4.79 Å². The Morgan fingerprint density at radius 2 is 1.74 bits per heavy atom. The molecule has 19 heavy (non-hydrogen) atoms. The summed E-state index contributed by atoms with van der Waals surface area (Å²) < 4.78 is 0. The third kappa shape index (κ3) is 2.88. The largest absolute Gasteiger partial charge is 0.478 e. The molecule has 1 heterocycles. The number of carboxylic acids is 1. The zero-order valence-electron chi connectivity index (χ0n) is 11.1. The summed E-state index contributed by atoms with van der Waals surface area (Å²) in [6.45, 7) is 5.72. The normalized spacial score (nSPS) is 10.3. The zero-order chi connectivity index (χ0) is 14.0. The Kier molecular flexibility index (Phi) is 3.46. The molecular weight excluding hydrogens is 242 g/mol. The molecule has 0 aliphatic rings. The molecule has 0 amide bonds. The van der Waals surface area contributed by atoms with Crippen molar-refractivity contribution in [3.8, 4) is 0 Å². The molecule has 1 aromatic carbocycles. The van der Waals surface area contributed by atoms with E-state index >= 15 is 0 Å². The van der Waals surface area contributed by atoms with Crippen LogP contribution < -0.4 is 5.32 Å². The van der Waals surface area contributed by atoms with Crippen molar-refractivity contribution in [1.82, 2.24) is 9.97 Å². The number of rotatable bonds is 3. The van der Waals surface area contributed by atoms with Crippen LogP contribution in [0.1, 0.15) is 27.4 Å². The second-order valence-corrected chi connectivity index (χ2v) is 4.34. The van der Waals surface area contributed by atoms with Crippen molar-refractivity contribution in [2.45, 2.75) is 20.8 Å². The number of nitrogens with zero attached hydrogens (tertiary/aromatic N) is 2. The lowest BCUT2D eigenvalue weighted by molar-refractivity contribution is 0.0697. The van der Waals surface area contributed by atoms with E-state index in [4.69, 9.17) is 5.11 Å². The quantitative estimate of drug-likeness (QED) is 0.884. The highest BCUT2D eigenvalue weighted by Gasteiger charge is 2.07. The van der Waals surface area contributed by atoms with Gasteiger partial charge in [0.15, 0.2) is 0 Å². The van der Waals surface area contributed by atoms with Gasteiger partial charge in [0.2, 0.25) is 0 Å². The third-order valence-electron chi connectivity index (χ3n) is 2.90. The number of aryl methyl sites for hydroxylation is 2. The van der Waals surface area contributed by atoms with Crippen LogP contribution in [-0.2, 0) is 0 Å². The van der Waals surface area contributed by atoms with Crippen LogP contribution in [0.5, 0.6) is 0 Å². The number of hydrogen-bond acceptors (Lipinski definition) is 4. The number of aromatic nitrogens is 2. The first kappa shape index (κ1) is 13.0. The van der Waals surface area contributed by atoms with E-state index < -0.39 is 5.97 Å². The molecule has 0 saturated carbocycles. The molecule has 0 unspecified atom stereocenters. The van der Waals surface area contributed by atoms with E-state index in [-0.39, 0.29) is 5.56 Å². The predicted octanol–water partition coefficient (Wildman–Crippen LogP) is 2.84. The van der Waals surface area contributed by atoms with Gasteiger partial charge in [-0.2, -0.15) is 0 Å². The van der Waals surface area contributed by atoms with E-state index in [2.05, 4.69) is 15.3 Å². The van der Waals surface area contributed by atoms with Crippen LogP contribution in [0.15, 0.2) is 24.3 Å². The summed E-state index contributed by atoms with van der Waals surface area (Å²) in [4.78, 5) is 19.4. The lowest BCUT2D eigenvalue weighted by atomic mass is 10.2. The topological polar surface area (TPSA) is 75.1 Å². The summed E-state index contributed by atoms with van der Waals surface area (Å²) in [5, 5.41) is 12.0. The maximum absolute atomic E-state index is 10.8. The molecule has 2 N–H and O–H groups in total. The molecular formula is C14H15N3O2. The van der Waals surface area contributed by atoms with Crippen LogP contribution >= 0.6 is 0 Å². The highest BCUT2D eigenvalue weighted by Crippen LogP contribution is 2.20. The fourth-order valence-corrected chi connectivity index (χ4v) is 1.72. The van der Waals surface area contributed by atoms with Crippen molar-refractivity contribution in [1.29, 1.82) is 0 Å². The SMILES string of the molecule is Cc1nc(C)c(C)c(Nc2ccc(C(=O)O)cc2)n1. The van der Waals surface area contributed by atoms with Gasteiger partial charge in [-0.15, -0.1) is 0 Å². The first-order chi connectivity index (χ1) is 8.97. The van der Waals surface area contributed by atoms with Crippen molar-refractivity contribution >= 4 is 17.5 Å². The maximum Gasteiger partial charge on any atom is 0.335 e. The van der Waals surface area contributed by atoms with Gasteiger partial charge >= 0.3 is 5.97 Å². The highest BCUT2D eigenvalue weighted by molar-refractivity contribution is 5.88. The van der Waals surface area contributed by atoms with E-state index in [0.717, 1.165) is 22.8 Å². The van der Waals surface area contributed by atoms with Crippen LogP contribution in [-0.4, -0.2) is 21.0 Å². The second kappa shape index (κ2) is 5.06. The van der Waals surface area contributed by atoms with E-state index in [1.807, 2.05) is 20.8 Å². The van der Waals surface area contributed by atoms with Crippen LogP contribution in [0.25, 0.3) is 0 Å². The molecule has 0 aliphatic heterocycles. The fourth-order valence-electron chi connectivity index (χ4n) is 1.72. The Morgan fingerprint density at radius 1 is 1.11 bits per heavy atom. The molecule has 98 valence electrons. The van der Waals surface area contributed by atoms with Crippen LogP contribution in [0.3, 0.4) is 0 Å². The summed E-state index contributed by atoms with van der Waals surface area (Å²) >= 11 is 0. The number of nitrogens with one attached hydrogen (secondary N) is 1. The summed E-state index contributed by atoms with van der Waals surface area (Å²) in [6, 6.07) is 6.55. The smallest absolute Gasteiger partial charge is 0.335 e. The number of benzene rings is 1. The van der Waals surface area contributed by atoms with Gasteiger partial charge in [0.1, 0.15) is 11.6 Å². The molecule has 0 saturated heterocycles. The molecule has 2 aromatic rings. The summed E-state index contributed by atoms with van der Waals surface area (Å²) in [7, 11) is 0. The summed E-state index contributed by atoms with van der Waals surface area (Å²) in [5.74, 6) is 0.511.